The summed E-state index contributed by atoms with van der Waals surface area (Å²) in [6, 6.07) is 5.01. The van der Waals surface area contributed by atoms with E-state index in [1.54, 1.807) is 13.0 Å². The van der Waals surface area contributed by atoms with E-state index < -0.39 is 17.7 Å². The van der Waals surface area contributed by atoms with Crippen LogP contribution in [0.4, 0.5) is 13.2 Å². The van der Waals surface area contributed by atoms with Gasteiger partial charge in [0.05, 0.1) is 5.56 Å². The van der Waals surface area contributed by atoms with Crippen molar-refractivity contribution < 1.29 is 23.1 Å². The molecule has 104 valence electrons. The molecule has 3 nitrogen and oxygen atoms in total. The number of rotatable bonds is 5. The van der Waals surface area contributed by atoms with Crippen molar-refractivity contribution in [2.45, 2.75) is 19.6 Å². The summed E-state index contributed by atoms with van der Waals surface area (Å²) in [5, 5.41) is 11.4. The Morgan fingerprint density at radius 3 is 2.68 bits per heavy atom. The number of hydrogen-bond donors (Lipinski definition) is 2. The molecule has 1 rings (SSSR count). The van der Waals surface area contributed by atoms with Crippen molar-refractivity contribution in [1.82, 2.24) is 5.32 Å². The lowest BCUT2D eigenvalue weighted by Gasteiger charge is -2.09. The maximum absolute atomic E-state index is 12.5. The molecule has 0 heterocycles. The first-order valence-electron chi connectivity index (χ1n) is 5.56. The molecule has 0 amide bonds. The van der Waals surface area contributed by atoms with E-state index >= 15 is 0 Å². The van der Waals surface area contributed by atoms with Crippen molar-refractivity contribution in [3.05, 3.63) is 47.0 Å². The third-order valence-corrected chi connectivity index (χ3v) is 2.36. The number of aliphatic carboxylic acids is 1. The van der Waals surface area contributed by atoms with Gasteiger partial charge in [-0.1, -0.05) is 23.8 Å². The van der Waals surface area contributed by atoms with Gasteiger partial charge < -0.3 is 10.4 Å². The number of hydrogen-bond acceptors (Lipinski definition) is 2. The minimum absolute atomic E-state index is 0.245. The molecule has 0 aliphatic carbocycles. The average molecular weight is 273 g/mol. The zero-order chi connectivity index (χ0) is 14.5. The molecule has 0 atom stereocenters. The van der Waals surface area contributed by atoms with Gasteiger partial charge in [0.25, 0.3) is 0 Å². The second-order valence-corrected chi connectivity index (χ2v) is 4.13. The number of alkyl halides is 3. The van der Waals surface area contributed by atoms with Crippen LogP contribution in [0.3, 0.4) is 0 Å². The molecule has 19 heavy (non-hydrogen) atoms. The number of carbonyl (C=O) groups is 1. The molecule has 0 aromatic heterocycles. The summed E-state index contributed by atoms with van der Waals surface area (Å²) < 4.78 is 37.4. The predicted molar refractivity (Wildman–Crippen MR) is 64.5 cm³/mol. The van der Waals surface area contributed by atoms with E-state index in [0.29, 0.717) is 17.7 Å². The summed E-state index contributed by atoms with van der Waals surface area (Å²) in [7, 11) is 0. The molecular weight excluding hydrogens is 259 g/mol. The van der Waals surface area contributed by atoms with Crippen LogP contribution in [0.5, 0.6) is 0 Å². The maximum atomic E-state index is 12.5. The highest BCUT2D eigenvalue weighted by Crippen LogP contribution is 2.29. The summed E-state index contributed by atoms with van der Waals surface area (Å²) in [4.78, 5) is 10.4. The molecule has 0 aliphatic rings. The molecule has 0 bridgehead atoms. The summed E-state index contributed by atoms with van der Waals surface area (Å²) >= 11 is 0. The van der Waals surface area contributed by atoms with E-state index in [2.05, 4.69) is 5.32 Å². The largest absolute Gasteiger partial charge is 0.478 e. The molecule has 1 aromatic carbocycles. The Kier molecular flexibility index (Phi) is 5.11. The fourth-order valence-electron chi connectivity index (χ4n) is 1.52. The number of carboxylic acids is 1. The van der Waals surface area contributed by atoms with Crippen molar-refractivity contribution >= 4 is 5.97 Å². The first-order valence-corrected chi connectivity index (χ1v) is 5.56. The van der Waals surface area contributed by atoms with Crippen LogP contribution in [-0.4, -0.2) is 17.6 Å². The van der Waals surface area contributed by atoms with Gasteiger partial charge in [-0.15, -0.1) is 0 Å². The third kappa shape index (κ3) is 5.56. The first kappa shape index (κ1) is 15.2. The quantitative estimate of drug-likeness (QED) is 0.811. The van der Waals surface area contributed by atoms with E-state index in [1.807, 2.05) is 0 Å². The van der Waals surface area contributed by atoms with Crippen molar-refractivity contribution in [1.29, 1.82) is 0 Å². The second-order valence-electron chi connectivity index (χ2n) is 4.13. The molecule has 6 heteroatoms. The van der Waals surface area contributed by atoms with E-state index in [-0.39, 0.29) is 6.54 Å². The topological polar surface area (TPSA) is 49.3 Å². The predicted octanol–water partition coefficient (Wildman–Crippen LogP) is 2.83. The van der Waals surface area contributed by atoms with Crippen molar-refractivity contribution in [2.75, 3.05) is 6.54 Å². The Balaban J connectivity index is 2.57. The van der Waals surface area contributed by atoms with Crippen LogP contribution >= 0.6 is 0 Å². The molecule has 2 N–H and O–H groups in total. The smallest absolute Gasteiger partial charge is 0.416 e. The van der Waals surface area contributed by atoms with E-state index in [1.165, 1.54) is 6.07 Å². The monoisotopic (exact) mass is 273 g/mol. The normalized spacial score (nSPS) is 12.5. The van der Waals surface area contributed by atoms with Crippen LogP contribution in [0.2, 0.25) is 0 Å². The number of benzene rings is 1. The maximum Gasteiger partial charge on any atom is 0.416 e. The third-order valence-electron chi connectivity index (χ3n) is 2.36. The molecule has 0 saturated carbocycles. The Hall–Kier alpha value is -1.82. The average Bonchev–Trinajstić information content (AvgIpc) is 2.27. The van der Waals surface area contributed by atoms with Gasteiger partial charge in [-0.3, -0.25) is 0 Å². The van der Waals surface area contributed by atoms with Crippen LogP contribution in [-0.2, 0) is 17.5 Å². The van der Waals surface area contributed by atoms with Crippen LogP contribution in [0.25, 0.3) is 0 Å². The lowest BCUT2D eigenvalue weighted by molar-refractivity contribution is -0.137. The molecule has 1 aromatic rings. The fraction of sp³-hybridized carbons (Fsp3) is 0.308. The van der Waals surface area contributed by atoms with Crippen LogP contribution < -0.4 is 5.32 Å². The zero-order valence-electron chi connectivity index (χ0n) is 10.3. The van der Waals surface area contributed by atoms with Gasteiger partial charge in [-0.2, -0.15) is 13.2 Å². The lowest BCUT2D eigenvalue weighted by Crippen LogP contribution is -2.16. The molecule has 0 spiro atoms. The minimum atomic E-state index is -4.35. The van der Waals surface area contributed by atoms with Gasteiger partial charge in [-0.25, -0.2) is 4.79 Å². The van der Waals surface area contributed by atoms with Gasteiger partial charge in [0.15, 0.2) is 0 Å². The van der Waals surface area contributed by atoms with E-state index in [0.717, 1.165) is 18.2 Å². The Morgan fingerprint density at radius 1 is 1.42 bits per heavy atom. The highest BCUT2D eigenvalue weighted by atomic mass is 19.4. The van der Waals surface area contributed by atoms with Gasteiger partial charge in [0.2, 0.25) is 0 Å². The summed E-state index contributed by atoms with van der Waals surface area (Å²) in [5.41, 5.74) is 0.405. The summed E-state index contributed by atoms with van der Waals surface area (Å²) in [6.45, 7) is 2.19. The number of nitrogens with one attached hydrogen (secondary N) is 1. The lowest BCUT2D eigenvalue weighted by atomic mass is 10.1. The Bertz CT molecular complexity index is 481. The SMILES string of the molecule is C/C(=C/C(=O)O)CNCc1cccc(C(F)(F)F)c1. The molecule has 0 unspecified atom stereocenters. The molecular formula is C13H14F3NO2. The highest BCUT2D eigenvalue weighted by Gasteiger charge is 2.30. The second kappa shape index (κ2) is 6.38. The molecule has 0 saturated heterocycles. The number of carboxylic acid groups (broad SMARTS) is 1. The minimum Gasteiger partial charge on any atom is -0.478 e. The van der Waals surface area contributed by atoms with Gasteiger partial charge in [0.1, 0.15) is 0 Å². The summed E-state index contributed by atoms with van der Waals surface area (Å²) in [6.07, 6.45) is -3.30. The van der Waals surface area contributed by atoms with Crippen molar-refractivity contribution in [3.63, 3.8) is 0 Å². The Labute approximate surface area is 108 Å². The first-order chi connectivity index (χ1) is 8.79. The summed E-state index contributed by atoms with van der Waals surface area (Å²) in [5.74, 6) is -1.04. The number of halogens is 3. The zero-order valence-corrected chi connectivity index (χ0v) is 10.3. The molecule has 0 fully saturated rings. The van der Waals surface area contributed by atoms with E-state index in [9.17, 15) is 18.0 Å². The fourth-order valence-corrected chi connectivity index (χ4v) is 1.52. The van der Waals surface area contributed by atoms with Gasteiger partial charge in [-0.05, 0) is 18.6 Å². The Morgan fingerprint density at radius 2 is 2.11 bits per heavy atom. The molecule has 0 radical (unpaired) electrons. The van der Waals surface area contributed by atoms with Gasteiger partial charge >= 0.3 is 12.1 Å². The van der Waals surface area contributed by atoms with Crippen molar-refractivity contribution in [3.8, 4) is 0 Å². The molecule has 0 aliphatic heterocycles. The standard InChI is InChI=1S/C13H14F3NO2/c1-9(5-12(18)19)7-17-8-10-3-2-4-11(6-10)13(14,15)16/h2-6,17H,7-8H2,1H3,(H,18,19)/b9-5-. The van der Waals surface area contributed by atoms with E-state index in [4.69, 9.17) is 5.11 Å². The van der Waals surface area contributed by atoms with Crippen LogP contribution in [0.1, 0.15) is 18.1 Å². The van der Waals surface area contributed by atoms with Gasteiger partial charge in [0, 0.05) is 19.2 Å². The van der Waals surface area contributed by atoms with Crippen molar-refractivity contribution in [2.24, 2.45) is 0 Å². The highest BCUT2D eigenvalue weighted by molar-refractivity contribution is 5.80. The van der Waals surface area contributed by atoms with Crippen LogP contribution in [0.15, 0.2) is 35.9 Å². The van der Waals surface area contributed by atoms with Crippen LogP contribution in [0, 0.1) is 0 Å².